The first kappa shape index (κ1) is 12.9. The summed E-state index contributed by atoms with van der Waals surface area (Å²) in [7, 11) is 0. The quantitative estimate of drug-likeness (QED) is 0.446. The molecule has 102 valence electrons. The third-order valence-corrected chi connectivity index (χ3v) is 4.18. The Labute approximate surface area is 123 Å². The van der Waals surface area contributed by atoms with Crippen LogP contribution in [0.25, 0.3) is 10.8 Å². The zero-order chi connectivity index (χ0) is 13.8. The molecule has 0 spiro atoms. The first-order valence-corrected chi connectivity index (χ1v) is 7.56. The number of nitrogens with zero attached hydrogens (tertiary/aromatic N) is 2. The molecule has 0 fully saturated rings. The predicted octanol–water partition coefficient (Wildman–Crippen LogP) is 3.30. The number of rotatable bonds is 5. The topological polar surface area (TPSA) is 73.6 Å². The smallest absolute Gasteiger partial charge is 0.236 e. The Morgan fingerprint density at radius 1 is 1.30 bits per heavy atom. The van der Waals surface area contributed by atoms with E-state index in [4.69, 9.17) is 15.0 Å². The number of aromatic nitrogens is 1. The van der Waals surface area contributed by atoms with Gasteiger partial charge in [0.05, 0.1) is 9.75 Å². The van der Waals surface area contributed by atoms with Gasteiger partial charge in [0.2, 0.25) is 5.89 Å². The van der Waals surface area contributed by atoms with Crippen LogP contribution < -0.4 is 5.73 Å². The highest BCUT2D eigenvalue weighted by molar-refractivity contribution is 7.13. The molecule has 0 saturated carbocycles. The van der Waals surface area contributed by atoms with Gasteiger partial charge >= 0.3 is 0 Å². The van der Waals surface area contributed by atoms with Gasteiger partial charge in [0.25, 0.3) is 0 Å². The molecular formula is C13H11N3O2S2. The minimum absolute atomic E-state index is 0.223. The van der Waals surface area contributed by atoms with Crippen LogP contribution in [0.5, 0.6) is 0 Å². The third-order valence-electron chi connectivity index (χ3n) is 2.43. The van der Waals surface area contributed by atoms with Crippen molar-refractivity contribution >= 4 is 28.5 Å². The van der Waals surface area contributed by atoms with Crippen molar-refractivity contribution in [2.24, 2.45) is 10.9 Å². The van der Waals surface area contributed by atoms with Crippen LogP contribution in [0.4, 0.5) is 0 Å². The zero-order valence-electron chi connectivity index (χ0n) is 10.4. The molecule has 5 nitrogen and oxygen atoms in total. The molecule has 0 amide bonds. The summed E-state index contributed by atoms with van der Waals surface area (Å²) in [4.78, 5) is 11.4. The molecule has 0 aliphatic rings. The molecule has 20 heavy (non-hydrogen) atoms. The Morgan fingerprint density at radius 3 is 2.90 bits per heavy atom. The molecule has 0 aromatic carbocycles. The largest absolute Gasteiger partial charge is 0.443 e. The molecule has 7 heteroatoms. The minimum Gasteiger partial charge on any atom is -0.443 e. The molecule has 0 atom stereocenters. The SMILES string of the molecule is N/C(=N\OCc1coc(-c2cccs2)n1)c1cccs1. The summed E-state index contributed by atoms with van der Waals surface area (Å²) in [6.07, 6.45) is 1.56. The number of nitrogens with two attached hydrogens (primary N) is 1. The van der Waals surface area contributed by atoms with Gasteiger partial charge in [-0.3, -0.25) is 0 Å². The van der Waals surface area contributed by atoms with Crippen LogP contribution in [0.15, 0.2) is 50.9 Å². The molecule has 0 unspecified atom stereocenters. The van der Waals surface area contributed by atoms with E-state index >= 15 is 0 Å². The summed E-state index contributed by atoms with van der Waals surface area (Å²) in [5, 5.41) is 7.77. The van der Waals surface area contributed by atoms with E-state index in [9.17, 15) is 0 Å². The van der Waals surface area contributed by atoms with Gasteiger partial charge in [-0.2, -0.15) is 0 Å². The molecule has 0 saturated heterocycles. The van der Waals surface area contributed by atoms with Crippen molar-refractivity contribution in [2.45, 2.75) is 6.61 Å². The first-order valence-electron chi connectivity index (χ1n) is 5.80. The summed E-state index contributed by atoms with van der Waals surface area (Å²) in [6.45, 7) is 0.223. The highest BCUT2D eigenvalue weighted by Crippen LogP contribution is 2.23. The highest BCUT2D eigenvalue weighted by Gasteiger charge is 2.08. The lowest BCUT2D eigenvalue weighted by Gasteiger charge is -1.97. The lowest BCUT2D eigenvalue weighted by atomic mass is 10.4. The standard InChI is InChI=1S/C13H11N3O2S2/c14-12(10-3-1-5-19-10)16-18-8-9-7-17-13(15-9)11-4-2-6-20-11/h1-7H,8H2,(H2,14,16). The molecule has 0 aliphatic heterocycles. The molecule has 0 aliphatic carbocycles. The van der Waals surface area contributed by atoms with Gasteiger partial charge in [0.1, 0.15) is 12.0 Å². The number of oxazole rings is 1. The van der Waals surface area contributed by atoms with Gasteiger partial charge in [-0.15, -0.1) is 22.7 Å². The second-order valence-corrected chi connectivity index (χ2v) is 5.74. The van der Waals surface area contributed by atoms with Crippen LogP contribution in [0.1, 0.15) is 10.6 Å². The summed E-state index contributed by atoms with van der Waals surface area (Å²) in [5.41, 5.74) is 6.46. The Hall–Kier alpha value is -2.12. The highest BCUT2D eigenvalue weighted by atomic mass is 32.1. The second-order valence-electron chi connectivity index (χ2n) is 3.85. The van der Waals surface area contributed by atoms with E-state index < -0.39 is 0 Å². The molecule has 3 aromatic rings. The van der Waals surface area contributed by atoms with Gasteiger partial charge < -0.3 is 15.0 Å². The summed E-state index contributed by atoms with van der Waals surface area (Å²) < 4.78 is 5.38. The Balaban J connectivity index is 1.61. The van der Waals surface area contributed by atoms with E-state index in [0.29, 0.717) is 17.4 Å². The number of hydrogen-bond donors (Lipinski definition) is 1. The van der Waals surface area contributed by atoms with Crippen molar-refractivity contribution < 1.29 is 9.25 Å². The van der Waals surface area contributed by atoms with E-state index in [2.05, 4.69) is 10.1 Å². The average Bonchev–Trinajstić information content (AvgIpc) is 3.20. The molecule has 3 rings (SSSR count). The zero-order valence-corrected chi connectivity index (χ0v) is 12.0. The number of oxime groups is 1. The summed E-state index contributed by atoms with van der Waals surface area (Å²) in [5.74, 6) is 0.954. The molecular weight excluding hydrogens is 294 g/mol. The van der Waals surface area contributed by atoms with Gasteiger partial charge in [0.15, 0.2) is 12.4 Å². The van der Waals surface area contributed by atoms with Crippen molar-refractivity contribution in [3.8, 4) is 10.8 Å². The fraction of sp³-hybridized carbons (Fsp3) is 0.0769. The predicted molar refractivity (Wildman–Crippen MR) is 79.6 cm³/mol. The van der Waals surface area contributed by atoms with Crippen LogP contribution in [0.2, 0.25) is 0 Å². The second kappa shape index (κ2) is 5.89. The van der Waals surface area contributed by atoms with Crippen LogP contribution in [0, 0.1) is 0 Å². The molecule has 2 N–H and O–H groups in total. The van der Waals surface area contributed by atoms with Crippen LogP contribution in [-0.4, -0.2) is 10.8 Å². The van der Waals surface area contributed by atoms with E-state index in [1.165, 1.54) is 11.3 Å². The van der Waals surface area contributed by atoms with E-state index in [0.717, 1.165) is 9.75 Å². The van der Waals surface area contributed by atoms with Gasteiger partial charge in [-0.05, 0) is 22.9 Å². The number of hydrogen-bond acceptors (Lipinski definition) is 6. The van der Waals surface area contributed by atoms with Crippen molar-refractivity contribution in [1.29, 1.82) is 0 Å². The van der Waals surface area contributed by atoms with Crippen molar-refractivity contribution in [1.82, 2.24) is 4.98 Å². The Bertz CT molecular complexity index is 687. The monoisotopic (exact) mass is 305 g/mol. The summed E-state index contributed by atoms with van der Waals surface area (Å²) in [6, 6.07) is 7.70. The maximum Gasteiger partial charge on any atom is 0.236 e. The van der Waals surface area contributed by atoms with E-state index in [1.54, 1.807) is 17.6 Å². The van der Waals surface area contributed by atoms with Crippen molar-refractivity contribution in [3.05, 3.63) is 51.9 Å². The summed E-state index contributed by atoms with van der Waals surface area (Å²) >= 11 is 3.08. The molecule has 0 radical (unpaired) electrons. The molecule has 0 bridgehead atoms. The van der Waals surface area contributed by atoms with Crippen LogP contribution >= 0.6 is 22.7 Å². The van der Waals surface area contributed by atoms with Gasteiger partial charge in [0, 0.05) is 0 Å². The van der Waals surface area contributed by atoms with Crippen molar-refractivity contribution in [2.75, 3.05) is 0 Å². The maximum atomic E-state index is 5.78. The van der Waals surface area contributed by atoms with Crippen LogP contribution in [0.3, 0.4) is 0 Å². The number of thiophene rings is 2. The van der Waals surface area contributed by atoms with Gasteiger partial charge in [-0.25, -0.2) is 4.98 Å². The fourth-order valence-electron chi connectivity index (χ4n) is 1.52. The first-order chi connectivity index (χ1) is 9.83. The van der Waals surface area contributed by atoms with E-state index in [-0.39, 0.29) is 6.61 Å². The molecule has 3 heterocycles. The third kappa shape index (κ3) is 2.89. The average molecular weight is 305 g/mol. The molecule has 3 aromatic heterocycles. The number of amidine groups is 1. The lowest BCUT2D eigenvalue weighted by Crippen LogP contribution is -2.11. The lowest BCUT2D eigenvalue weighted by molar-refractivity contribution is 0.127. The minimum atomic E-state index is 0.223. The Kier molecular flexibility index (Phi) is 3.80. The maximum absolute atomic E-state index is 5.78. The normalized spacial score (nSPS) is 11.7. The van der Waals surface area contributed by atoms with Gasteiger partial charge in [-0.1, -0.05) is 17.3 Å². The van der Waals surface area contributed by atoms with Crippen LogP contribution in [-0.2, 0) is 11.4 Å². The van der Waals surface area contributed by atoms with Crippen molar-refractivity contribution in [3.63, 3.8) is 0 Å². The fourth-order valence-corrected chi connectivity index (χ4v) is 2.80. The van der Waals surface area contributed by atoms with E-state index in [1.807, 2.05) is 35.0 Å². The Morgan fingerprint density at radius 2 is 2.15 bits per heavy atom.